The van der Waals surface area contributed by atoms with E-state index in [1.54, 1.807) is 38.1 Å². The maximum absolute atomic E-state index is 13.6. The molecule has 2 aromatic heterocycles. The van der Waals surface area contributed by atoms with Crippen LogP contribution >= 0.6 is 0 Å². The Hall–Kier alpha value is -5.20. The SMILES string of the molecule is CC(C)C(NC(=O)Cn1c(-c2ccc(F)cc2)ncc(NC(=O)OCc2ccccc2)c1=O)C(=O)c1nnc(C(C)(C)C)o1. The lowest BCUT2D eigenvalue weighted by molar-refractivity contribution is -0.122. The normalized spacial score (nSPS) is 12.1. The molecule has 2 N–H and O–H groups in total. The molecule has 44 heavy (non-hydrogen) atoms. The van der Waals surface area contributed by atoms with Gasteiger partial charge in [0.15, 0.2) is 0 Å². The summed E-state index contributed by atoms with van der Waals surface area (Å²) in [6.45, 7) is 8.40. The van der Waals surface area contributed by atoms with Crippen molar-refractivity contribution < 1.29 is 27.9 Å². The predicted molar refractivity (Wildman–Crippen MR) is 158 cm³/mol. The van der Waals surface area contributed by atoms with E-state index in [4.69, 9.17) is 9.15 Å². The van der Waals surface area contributed by atoms with Gasteiger partial charge in [-0.2, -0.15) is 0 Å². The zero-order chi connectivity index (χ0) is 32.0. The molecule has 230 valence electrons. The predicted octanol–water partition coefficient (Wildman–Crippen LogP) is 4.50. The molecule has 0 fully saturated rings. The first kappa shape index (κ1) is 31.7. The van der Waals surface area contributed by atoms with Crippen LogP contribution in [-0.4, -0.2) is 43.6 Å². The molecule has 2 aromatic carbocycles. The molecular formula is C31H33FN6O6. The number of carbonyl (C=O) groups excluding carboxylic acids is 3. The standard InChI is InChI=1S/C31H33FN6O6/c1-18(2)24(25(40)27-36-37-29(44-27)31(3,4)5)35-23(39)16-38-26(20-11-13-21(32)14-12-20)33-15-22(28(38)41)34-30(42)43-17-19-9-7-6-8-10-19/h6-15,18,24H,16-17H2,1-5H3,(H,34,42)(H,35,39). The van der Waals surface area contributed by atoms with E-state index in [1.807, 2.05) is 26.8 Å². The highest BCUT2D eigenvalue weighted by Crippen LogP contribution is 2.22. The topological polar surface area (TPSA) is 158 Å². The molecule has 0 radical (unpaired) electrons. The van der Waals surface area contributed by atoms with Crippen LogP contribution in [0.4, 0.5) is 14.9 Å². The molecule has 13 heteroatoms. The van der Waals surface area contributed by atoms with Gasteiger partial charge in [0, 0.05) is 11.0 Å². The van der Waals surface area contributed by atoms with E-state index in [9.17, 15) is 23.6 Å². The molecule has 0 bridgehead atoms. The van der Waals surface area contributed by atoms with E-state index >= 15 is 0 Å². The number of hydrogen-bond acceptors (Lipinski definition) is 9. The maximum Gasteiger partial charge on any atom is 0.412 e. The Kier molecular flexibility index (Phi) is 9.67. The van der Waals surface area contributed by atoms with E-state index in [0.717, 1.165) is 16.3 Å². The van der Waals surface area contributed by atoms with Crippen molar-refractivity contribution in [3.8, 4) is 11.4 Å². The Labute approximate surface area is 252 Å². The molecule has 0 saturated heterocycles. The highest BCUT2D eigenvalue weighted by atomic mass is 19.1. The van der Waals surface area contributed by atoms with Gasteiger partial charge in [-0.1, -0.05) is 65.0 Å². The summed E-state index contributed by atoms with van der Waals surface area (Å²) >= 11 is 0. The minimum atomic E-state index is -1.05. The second-order valence-corrected chi connectivity index (χ2v) is 11.4. The number of ketones is 1. The molecule has 2 heterocycles. The zero-order valence-corrected chi connectivity index (χ0v) is 25.0. The third-order valence-corrected chi connectivity index (χ3v) is 6.44. The van der Waals surface area contributed by atoms with Crippen molar-refractivity contribution in [3.63, 3.8) is 0 Å². The third-order valence-electron chi connectivity index (χ3n) is 6.44. The van der Waals surface area contributed by atoms with Gasteiger partial charge < -0.3 is 14.5 Å². The van der Waals surface area contributed by atoms with Gasteiger partial charge in [0.25, 0.3) is 11.4 Å². The van der Waals surface area contributed by atoms with Crippen molar-refractivity contribution >= 4 is 23.5 Å². The molecule has 0 aliphatic carbocycles. The van der Waals surface area contributed by atoms with Gasteiger partial charge in [-0.15, -0.1) is 10.2 Å². The minimum absolute atomic E-state index is 0.0347. The fourth-order valence-corrected chi connectivity index (χ4v) is 4.08. The van der Waals surface area contributed by atoms with Crippen LogP contribution in [0.3, 0.4) is 0 Å². The van der Waals surface area contributed by atoms with Crippen molar-refractivity contribution in [2.75, 3.05) is 5.32 Å². The van der Waals surface area contributed by atoms with Crippen molar-refractivity contribution in [1.82, 2.24) is 25.1 Å². The first-order valence-electron chi connectivity index (χ1n) is 13.8. The summed E-state index contributed by atoms with van der Waals surface area (Å²) in [4.78, 5) is 56.9. The Balaban J connectivity index is 1.58. The summed E-state index contributed by atoms with van der Waals surface area (Å²) < 4.78 is 25.4. The number of aromatic nitrogens is 4. The lowest BCUT2D eigenvalue weighted by atomic mass is 9.97. The number of nitrogens with one attached hydrogen (secondary N) is 2. The van der Waals surface area contributed by atoms with Crippen LogP contribution < -0.4 is 16.2 Å². The Bertz CT molecular complexity index is 1690. The van der Waals surface area contributed by atoms with Crippen LogP contribution in [-0.2, 0) is 28.1 Å². The van der Waals surface area contributed by atoms with E-state index < -0.39 is 47.2 Å². The van der Waals surface area contributed by atoms with Crippen LogP contribution in [0.2, 0.25) is 0 Å². The van der Waals surface area contributed by atoms with Gasteiger partial charge in [0.2, 0.25) is 17.6 Å². The molecule has 1 atom stereocenters. The number of nitrogens with zero attached hydrogens (tertiary/aromatic N) is 4. The zero-order valence-electron chi connectivity index (χ0n) is 25.0. The smallest absolute Gasteiger partial charge is 0.412 e. The number of benzene rings is 2. The largest absolute Gasteiger partial charge is 0.444 e. The molecule has 4 aromatic rings. The van der Waals surface area contributed by atoms with Crippen LogP contribution in [0.15, 0.2) is 70.0 Å². The number of halogens is 1. The van der Waals surface area contributed by atoms with Gasteiger partial charge in [0.1, 0.15) is 30.5 Å². The van der Waals surface area contributed by atoms with E-state index in [2.05, 4.69) is 25.8 Å². The first-order chi connectivity index (χ1) is 20.8. The fraction of sp³-hybridized carbons (Fsp3) is 0.323. The van der Waals surface area contributed by atoms with Crippen molar-refractivity contribution in [2.24, 2.45) is 5.92 Å². The van der Waals surface area contributed by atoms with Crippen molar-refractivity contribution in [1.29, 1.82) is 0 Å². The van der Waals surface area contributed by atoms with E-state index in [-0.39, 0.29) is 35.8 Å². The lowest BCUT2D eigenvalue weighted by Gasteiger charge is -2.21. The highest BCUT2D eigenvalue weighted by molar-refractivity contribution is 5.98. The molecule has 0 aliphatic rings. The number of Topliss-reactive ketones (excluding diaryl/α,β-unsaturated/α-hetero) is 1. The molecule has 0 aliphatic heterocycles. The summed E-state index contributed by atoms with van der Waals surface area (Å²) in [5.74, 6) is -2.12. The van der Waals surface area contributed by atoms with Crippen molar-refractivity contribution in [2.45, 2.75) is 59.2 Å². The third kappa shape index (κ3) is 7.79. The molecule has 1 unspecified atom stereocenters. The van der Waals surface area contributed by atoms with Gasteiger partial charge in [-0.05, 0) is 35.7 Å². The van der Waals surface area contributed by atoms with Crippen LogP contribution in [0.25, 0.3) is 11.4 Å². The Morgan fingerprint density at radius 2 is 1.70 bits per heavy atom. The maximum atomic E-state index is 13.6. The van der Waals surface area contributed by atoms with E-state index in [0.29, 0.717) is 5.56 Å². The van der Waals surface area contributed by atoms with Crippen LogP contribution in [0.5, 0.6) is 0 Å². The van der Waals surface area contributed by atoms with Gasteiger partial charge in [-0.25, -0.2) is 14.2 Å². The van der Waals surface area contributed by atoms with Gasteiger partial charge >= 0.3 is 6.09 Å². The minimum Gasteiger partial charge on any atom is -0.444 e. The quantitative estimate of drug-likeness (QED) is 0.249. The second kappa shape index (κ2) is 13.4. The van der Waals surface area contributed by atoms with Crippen LogP contribution in [0, 0.1) is 11.7 Å². The molecule has 4 rings (SSSR count). The number of rotatable bonds is 10. The molecule has 12 nitrogen and oxygen atoms in total. The summed E-state index contributed by atoms with van der Waals surface area (Å²) in [7, 11) is 0. The number of amides is 2. The number of anilines is 1. The van der Waals surface area contributed by atoms with E-state index in [1.165, 1.54) is 24.3 Å². The monoisotopic (exact) mass is 604 g/mol. The molecule has 0 spiro atoms. The summed E-state index contributed by atoms with van der Waals surface area (Å²) in [6, 6.07) is 13.1. The molecule has 2 amide bonds. The summed E-state index contributed by atoms with van der Waals surface area (Å²) in [5, 5.41) is 12.8. The fourth-order valence-electron chi connectivity index (χ4n) is 4.08. The average molecular weight is 605 g/mol. The second-order valence-electron chi connectivity index (χ2n) is 11.4. The average Bonchev–Trinajstić information content (AvgIpc) is 3.49. The lowest BCUT2D eigenvalue weighted by Crippen LogP contribution is -2.46. The molecule has 0 saturated carbocycles. The summed E-state index contributed by atoms with van der Waals surface area (Å²) in [6.07, 6.45) is 0.222. The van der Waals surface area contributed by atoms with Crippen molar-refractivity contribution in [3.05, 3.63) is 94.3 Å². The Morgan fingerprint density at radius 1 is 1.02 bits per heavy atom. The first-order valence-corrected chi connectivity index (χ1v) is 13.8. The van der Waals surface area contributed by atoms with Gasteiger partial charge in [-0.3, -0.25) is 24.3 Å². The highest BCUT2D eigenvalue weighted by Gasteiger charge is 2.32. The number of carbonyl (C=O) groups is 3. The summed E-state index contributed by atoms with van der Waals surface area (Å²) in [5.41, 5.74) is -0.429. The van der Waals surface area contributed by atoms with Gasteiger partial charge in [0.05, 0.1) is 12.2 Å². The number of ether oxygens (including phenoxy) is 1. The number of hydrogen-bond donors (Lipinski definition) is 2. The molecular weight excluding hydrogens is 571 g/mol. The van der Waals surface area contributed by atoms with Crippen LogP contribution in [0.1, 0.15) is 56.8 Å². The Morgan fingerprint density at radius 3 is 2.32 bits per heavy atom.